The first-order valence-electron chi connectivity index (χ1n) is 11.0. The number of nitrogens with one attached hydrogen (secondary N) is 1. The van der Waals surface area contributed by atoms with Crippen LogP contribution in [0.1, 0.15) is 32.9 Å². The summed E-state index contributed by atoms with van der Waals surface area (Å²) in [6.45, 7) is 6.35. The van der Waals surface area contributed by atoms with Gasteiger partial charge in [0.15, 0.2) is 0 Å². The van der Waals surface area contributed by atoms with E-state index in [0.717, 1.165) is 0 Å². The molecule has 0 radical (unpaired) electrons. The lowest BCUT2D eigenvalue weighted by atomic mass is 9.88. The Morgan fingerprint density at radius 1 is 1.33 bits per heavy atom. The van der Waals surface area contributed by atoms with Crippen molar-refractivity contribution in [3.63, 3.8) is 0 Å². The molecule has 4 aliphatic rings. The number of aliphatic hydroxyl groups is 2. The monoisotopic (exact) mass is 479 g/mol. The molecule has 3 N–H and O–H groups in total. The molecule has 5 atom stereocenters. The number of morpholine rings is 1. The smallest absolute Gasteiger partial charge is 0.223 e. The Bertz CT molecular complexity index is 1060. The number of allylic oxidation sites excluding steroid dienone is 2. The Morgan fingerprint density at radius 3 is 2.85 bits per heavy atom. The lowest BCUT2D eigenvalue weighted by Gasteiger charge is -2.46. The van der Waals surface area contributed by atoms with Gasteiger partial charge in [-0.15, -0.1) is 0 Å². The largest absolute Gasteiger partial charge is 0.389 e. The number of ether oxygens (including phenoxy) is 2. The van der Waals surface area contributed by atoms with Crippen molar-refractivity contribution in [2.45, 2.75) is 63.1 Å². The fourth-order valence-electron chi connectivity index (χ4n) is 4.79. The summed E-state index contributed by atoms with van der Waals surface area (Å²) in [4.78, 5) is 15.2. The molecule has 9 nitrogen and oxygen atoms in total. The van der Waals surface area contributed by atoms with Gasteiger partial charge in [-0.2, -0.15) is 0 Å². The predicted molar refractivity (Wildman–Crippen MR) is 121 cm³/mol. The number of halogens is 2. The van der Waals surface area contributed by atoms with Gasteiger partial charge in [-0.25, -0.2) is 19.4 Å². The molecular formula is C22H27ClFN5O4. The molecule has 1 aromatic rings. The number of rotatable bonds is 4. The van der Waals surface area contributed by atoms with E-state index in [4.69, 9.17) is 21.1 Å². The molecule has 5 rings (SSSR count). The highest BCUT2D eigenvalue weighted by Gasteiger charge is 2.52. The van der Waals surface area contributed by atoms with Crippen LogP contribution in [0.5, 0.6) is 0 Å². The van der Waals surface area contributed by atoms with Crippen molar-refractivity contribution >= 4 is 29.0 Å². The van der Waals surface area contributed by atoms with Gasteiger partial charge in [0.05, 0.1) is 48.3 Å². The molecule has 1 aliphatic carbocycles. The van der Waals surface area contributed by atoms with Crippen molar-refractivity contribution in [1.82, 2.24) is 14.9 Å². The Labute approximate surface area is 196 Å². The molecular weight excluding hydrogens is 453 g/mol. The van der Waals surface area contributed by atoms with Gasteiger partial charge in [-0.3, -0.25) is 0 Å². The summed E-state index contributed by atoms with van der Waals surface area (Å²) in [5.74, 6) is 0.173. The maximum absolute atomic E-state index is 15.3. The van der Waals surface area contributed by atoms with Crippen LogP contribution in [0.15, 0.2) is 28.8 Å². The van der Waals surface area contributed by atoms with E-state index in [2.05, 4.69) is 20.3 Å². The number of aliphatic imine (C=N–C) groups is 1. The fraction of sp³-hybridized carbons (Fsp3) is 0.591. The average Bonchev–Trinajstić information content (AvgIpc) is 3.18. The topological polar surface area (TPSA) is 112 Å². The second-order valence-corrected chi connectivity index (χ2v) is 9.76. The molecule has 0 amide bonds. The standard InChI is InChI=1S/C22H27ClFN5O4/c1-10-8-33-19-11(6-13(24)17-18(19)29(10)20(27-17)22(2,3)31)16-12(23)7-25-21(28-16)26-14-4-5-32-9-15(14)30/h6-7,10,14-15,18-19,30-31H,4-5,8-9H2,1-3H3,(H,25,26,28)/t10-,14+,15+,18?,19?/m0/s1. The SMILES string of the molecule is C[C@H]1COC2C(c3nc(N[C@@H]4CCOC[C@H]4O)ncc3Cl)=CC(F)=C3N=C(C(C)(C)O)N1C32. The minimum absolute atomic E-state index is 0.103. The van der Waals surface area contributed by atoms with Crippen molar-refractivity contribution in [2.75, 3.05) is 25.1 Å². The van der Waals surface area contributed by atoms with Crippen LogP contribution in [0.4, 0.5) is 10.3 Å². The lowest BCUT2D eigenvalue weighted by Crippen LogP contribution is -2.60. The summed E-state index contributed by atoms with van der Waals surface area (Å²) >= 11 is 6.46. The highest BCUT2D eigenvalue weighted by Crippen LogP contribution is 2.45. The number of amidine groups is 1. The normalized spacial score (nSPS) is 31.8. The summed E-state index contributed by atoms with van der Waals surface area (Å²) in [5.41, 5.74) is -0.175. The van der Waals surface area contributed by atoms with Gasteiger partial charge in [-0.05, 0) is 33.3 Å². The van der Waals surface area contributed by atoms with E-state index in [1.807, 2.05) is 11.8 Å². The molecule has 3 aliphatic heterocycles. The zero-order valence-electron chi connectivity index (χ0n) is 18.6. The van der Waals surface area contributed by atoms with Crippen LogP contribution in [0.3, 0.4) is 0 Å². The van der Waals surface area contributed by atoms with Gasteiger partial charge in [-0.1, -0.05) is 11.6 Å². The highest BCUT2D eigenvalue weighted by molar-refractivity contribution is 6.32. The van der Waals surface area contributed by atoms with Crippen LogP contribution < -0.4 is 5.32 Å². The van der Waals surface area contributed by atoms with E-state index in [1.165, 1.54) is 12.3 Å². The third kappa shape index (κ3) is 3.93. The fourth-order valence-corrected chi connectivity index (χ4v) is 4.99. The van der Waals surface area contributed by atoms with E-state index in [0.29, 0.717) is 36.7 Å². The van der Waals surface area contributed by atoms with E-state index in [-0.39, 0.29) is 35.4 Å². The first-order chi connectivity index (χ1) is 15.6. The third-order valence-corrected chi connectivity index (χ3v) is 6.64. The number of hydrogen-bond donors (Lipinski definition) is 3. The summed E-state index contributed by atoms with van der Waals surface area (Å²) in [5, 5.41) is 24.2. The second-order valence-electron chi connectivity index (χ2n) is 9.35. The van der Waals surface area contributed by atoms with Crippen molar-refractivity contribution in [1.29, 1.82) is 0 Å². The second kappa shape index (κ2) is 8.28. The van der Waals surface area contributed by atoms with Crippen molar-refractivity contribution in [3.05, 3.63) is 34.5 Å². The Hall–Kier alpha value is -2.11. The molecule has 11 heteroatoms. The molecule has 0 aromatic carbocycles. The molecule has 2 fully saturated rings. The van der Waals surface area contributed by atoms with Crippen LogP contribution in [0.25, 0.3) is 5.57 Å². The van der Waals surface area contributed by atoms with Crippen LogP contribution in [0, 0.1) is 0 Å². The first-order valence-corrected chi connectivity index (χ1v) is 11.4. The third-order valence-electron chi connectivity index (χ3n) is 6.37. The Kier molecular flexibility index (Phi) is 5.69. The molecule has 4 heterocycles. The maximum Gasteiger partial charge on any atom is 0.223 e. The summed E-state index contributed by atoms with van der Waals surface area (Å²) in [6.07, 6.45) is 2.14. The van der Waals surface area contributed by atoms with Crippen LogP contribution in [-0.4, -0.2) is 86.7 Å². The molecule has 2 saturated heterocycles. The first kappa shape index (κ1) is 22.7. The predicted octanol–water partition coefficient (Wildman–Crippen LogP) is 1.91. The molecule has 178 valence electrons. The molecule has 0 bridgehead atoms. The van der Waals surface area contributed by atoms with Gasteiger partial charge >= 0.3 is 0 Å². The van der Waals surface area contributed by atoms with E-state index in [9.17, 15) is 10.2 Å². The molecule has 1 aromatic heterocycles. The van der Waals surface area contributed by atoms with Gasteiger partial charge in [0, 0.05) is 12.2 Å². The number of nitrogens with zero attached hydrogens (tertiary/aromatic N) is 4. The molecule has 0 saturated carbocycles. The van der Waals surface area contributed by atoms with Gasteiger partial charge in [0.1, 0.15) is 35.1 Å². The Balaban J connectivity index is 1.52. The number of anilines is 1. The molecule has 0 spiro atoms. The minimum atomic E-state index is -1.24. The van der Waals surface area contributed by atoms with Crippen molar-refractivity contribution < 1.29 is 24.1 Å². The zero-order valence-corrected chi connectivity index (χ0v) is 19.4. The van der Waals surface area contributed by atoms with Gasteiger partial charge < -0.3 is 29.9 Å². The number of aromatic nitrogens is 2. The summed E-state index contributed by atoms with van der Waals surface area (Å²) < 4.78 is 26.7. The number of hydrogen-bond acceptors (Lipinski definition) is 9. The quantitative estimate of drug-likeness (QED) is 0.600. The van der Waals surface area contributed by atoms with Crippen LogP contribution in [-0.2, 0) is 9.47 Å². The van der Waals surface area contributed by atoms with Crippen molar-refractivity contribution in [2.24, 2.45) is 4.99 Å². The summed E-state index contributed by atoms with van der Waals surface area (Å²) in [6, 6.07) is -0.902. The zero-order chi connectivity index (χ0) is 23.5. The molecule has 2 unspecified atom stereocenters. The minimum Gasteiger partial charge on any atom is -0.389 e. The van der Waals surface area contributed by atoms with Crippen LogP contribution in [0.2, 0.25) is 5.02 Å². The van der Waals surface area contributed by atoms with E-state index in [1.54, 1.807) is 13.8 Å². The average molecular weight is 480 g/mol. The van der Waals surface area contributed by atoms with E-state index >= 15 is 4.39 Å². The number of aliphatic hydroxyl groups excluding tert-OH is 1. The van der Waals surface area contributed by atoms with Crippen LogP contribution >= 0.6 is 11.6 Å². The Morgan fingerprint density at radius 2 is 2.12 bits per heavy atom. The lowest BCUT2D eigenvalue weighted by molar-refractivity contribution is -0.0340. The van der Waals surface area contributed by atoms with Crippen molar-refractivity contribution in [3.8, 4) is 0 Å². The van der Waals surface area contributed by atoms with Gasteiger partial charge in [0.2, 0.25) is 5.95 Å². The van der Waals surface area contributed by atoms with E-state index < -0.39 is 29.7 Å². The van der Waals surface area contributed by atoms with Gasteiger partial charge in [0.25, 0.3) is 0 Å². The molecule has 33 heavy (non-hydrogen) atoms. The highest BCUT2D eigenvalue weighted by atomic mass is 35.5. The maximum atomic E-state index is 15.3. The summed E-state index contributed by atoms with van der Waals surface area (Å²) in [7, 11) is 0.